The van der Waals surface area contributed by atoms with Crippen molar-refractivity contribution in [1.29, 1.82) is 0 Å². The zero-order valence-corrected chi connectivity index (χ0v) is 15.3. The van der Waals surface area contributed by atoms with Gasteiger partial charge in [-0.25, -0.2) is 18.9 Å². The molecule has 1 N–H and O–H groups in total. The number of hydrogen-bond acceptors (Lipinski definition) is 5. The Morgan fingerprint density at radius 1 is 1.22 bits per heavy atom. The van der Waals surface area contributed by atoms with Crippen molar-refractivity contribution >= 4 is 33.8 Å². The molecule has 1 fully saturated rings. The van der Waals surface area contributed by atoms with E-state index in [4.69, 9.17) is 4.98 Å². The van der Waals surface area contributed by atoms with E-state index in [9.17, 15) is 9.59 Å². The largest absolute Gasteiger partial charge is 0.352 e. The minimum atomic E-state index is -0.309. The lowest BCUT2D eigenvalue weighted by molar-refractivity contribution is -0.122. The van der Waals surface area contributed by atoms with Gasteiger partial charge in [0.15, 0.2) is 5.65 Å². The number of nitrogens with zero attached hydrogens (tertiary/aromatic N) is 4. The van der Waals surface area contributed by atoms with Crippen molar-refractivity contribution in [3.63, 3.8) is 0 Å². The smallest absolute Gasteiger partial charge is 0.350 e. The highest BCUT2D eigenvalue weighted by Gasteiger charge is 2.30. The Morgan fingerprint density at radius 3 is 2.85 bits per heavy atom. The molecule has 0 radical (unpaired) electrons. The third-order valence-corrected chi connectivity index (χ3v) is 5.60. The summed E-state index contributed by atoms with van der Waals surface area (Å²) in [6, 6.07) is 11.6. The molecule has 1 aliphatic rings. The average molecular weight is 379 g/mol. The lowest BCUT2D eigenvalue weighted by Gasteiger charge is -2.04. The SMILES string of the molecule is O=C(Cn1nc2c3ccccc3nc(C3CC3)n2c1=O)NCc1cccs1. The van der Waals surface area contributed by atoms with Crippen LogP contribution in [0.5, 0.6) is 0 Å². The number of carbonyl (C=O) groups excluding carboxylic acids is 1. The second kappa shape index (κ2) is 6.31. The number of para-hydroxylation sites is 1. The Balaban J connectivity index is 1.52. The quantitative estimate of drug-likeness (QED) is 0.577. The number of benzene rings is 1. The Labute approximate surface area is 158 Å². The van der Waals surface area contributed by atoms with Crippen LogP contribution in [0.15, 0.2) is 46.6 Å². The summed E-state index contributed by atoms with van der Waals surface area (Å²) >= 11 is 1.58. The fraction of sp³-hybridized carbons (Fsp3) is 0.263. The summed E-state index contributed by atoms with van der Waals surface area (Å²) in [4.78, 5) is 31.0. The molecule has 27 heavy (non-hydrogen) atoms. The zero-order valence-electron chi connectivity index (χ0n) is 14.5. The molecule has 7 nitrogen and oxygen atoms in total. The van der Waals surface area contributed by atoms with E-state index >= 15 is 0 Å². The Bertz CT molecular complexity index is 1200. The molecule has 0 atom stereocenters. The Hall–Kier alpha value is -3.00. The number of thiophene rings is 1. The Morgan fingerprint density at radius 2 is 2.07 bits per heavy atom. The molecular weight excluding hydrogens is 362 g/mol. The van der Waals surface area contributed by atoms with Crippen LogP contribution in [-0.2, 0) is 17.9 Å². The molecule has 5 rings (SSSR count). The number of hydrogen-bond donors (Lipinski definition) is 1. The first-order valence-electron chi connectivity index (χ1n) is 8.88. The van der Waals surface area contributed by atoms with E-state index in [1.165, 1.54) is 4.68 Å². The normalized spacial score (nSPS) is 14.1. The molecular formula is C19H17N5O2S. The van der Waals surface area contributed by atoms with Gasteiger partial charge in [0.2, 0.25) is 5.91 Å². The summed E-state index contributed by atoms with van der Waals surface area (Å²) < 4.78 is 2.81. The van der Waals surface area contributed by atoms with Crippen molar-refractivity contribution in [2.75, 3.05) is 0 Å². The second-order valence-electron chi connectivity index (χ2n) is 6.72. The van der Waals surface area contributed by atoms with Crippen molar-refractivity contribution in [3.05, 3.63) is 63.0 Å². The maximum atomic E-state index is 12.9. The van der Waals surface area contributed by atoms with Crippen LogP contribution in [0.3, 0.4) is 0 Å². The van der Waals surface area contributed by atoms with Gasteiger partial charge in [-0.3, -0.25) is 4.79 Å². The summed E-state index contributed by atoms with van der Waals surface area (Å²) in [7, 11) is 0. The van der Waals surface area contributed by atoms with E-state index < -0.39 is 0 Å². The number of rotatable bonds is 5. The fourth-order valence-electron chi connectivity index (χ4n) is 3.23. The van der Waals surface area contributed by atoms with Gasteiger partial charge in [0, 0.05) is 16.2 Å². The minimum Gasteiger partial charge on any atom is -0.350 e. The van der Waals surface area contributed by atoms with Crippen LogP contribution >= 0.6 is 11.3 Å². The lowest BCUT2D eigenvalue weighted by Crippen LogP contribution is -2.32. The third-order valence-electron chi connectivity index (χ3n) is 4.72. The number of amides is 1. The van der Waals surface area contributed by atoms with Gasteiger partial charge in [-0.05, 0) is 36.4 Å². The topological polar surface area (TPSA) is 81.3 Å². The van der Waals surface area contributed by atoms with Crippen LogP contribution in [0.1, 0.15) is 29.5 Å². The summed E-state index contributed by atoms with van der Waals surface area (Å²) in [6.45, 7) is 0.348. The van der Waals surface area contributed by atoms with Gasteiger partial charge < -0.3 is 5.32 Å². The number of aromatic nitrogens is 4. The fourth-order valence-corrected chi connectivity index (χ4v) is 3.88. The first-order chi connectivity index (χ1) is 13.2. The summed E-state index contributed by atoms with van der Waals surface area (Å²) in [5, 5.41) is 10.1. The van der Waals surface area contributed by atoms with E-state index in [0.717, 1.165) is 34.4 Å². The van der Waals surface area contributed by atoms with Crippen molar-refractivity contribution in [2.24, 2.45) is 0 Å². The van der Waals surface area contributed by atoms with Crippen LogP contribution in [0.2, 0.25) is 0 Å². The molecule has 3 heterocycles. The van der Waals surface area contributed by atoms with E-state index in [1.54, 1.807) is 15.7 Å². The van der Waals surface area contributed by atoms with Crippen molar-refractivity contribution in [3.8, 4) is 0 Å². The van der Waals surface area contributed by atoms with Crippen LogP contribution in [0.4, 0.5) is 0 Å². The molecule has 1 aromatic carbocycles. The van der Waals surface area contributed by atoms with E-state index in [2.05, 4.69) is 10.4 Å². The lowest BCUT2D eigenvalue weighted by atomic mass is 10.2. The van der Waals surface area contributed by atoms with Crippen molar-refractivity contribution in [2.45, 2.75) is 31.8 Å². The molecule has 0 saturated heterocycles. The summed E-state index contributed by atoms with van der Waals surface area (Å²) in [6.07, 6.45) is 2.05. The molecule has 3 aromatic heterocycles. The molecule has 0 unspecified atom stereocenters. The summed E-state index contributed by atoms with van der Waals surface area (Å²) in [5.41, 5.74) is 1.08. The number of fused-ring (bicyclic) bond motifs is 3. The van der Waals surface area contributed by atoms with Gasteiger partial charge >= 0.3 is 5.69 Å². The van der Waals surface area contributed by atoms with Gasteiger partial charge in [0.25, 0.3) is 0 Å². The van der Waals surface area contributed by atoms with E-state index in [-0.39, 0.29) is 18.1 Å². The highest BCUT2D eigenvalue weighted by molar-refractivity contribution is 7.09. The Kier molecular flexibility index (Phi) is 3.78. The number of nitrogens with one attached hydrogen (secondary N) is 1. The zero-order chi connectivity index (χ0) is 18.4. The van der Waals surface area contributed by atoms with Crippen LogP contribution < -0.4 is 11.0 Å². The molecule has 0 aliphatic heterocycles. The van der Waals surface area contributed by atoms with Gasteiger partial charge in [0.1, 0.15) is 12.4 Å². The molecule has 0 spiro atoms. The highest BCUT2D eigenvalue weighted by Crippen LogP contribution is 2.39. The molecule has 1 saturated carbocycles. The van der Waals surface area contributed by atoms with Crippen LogP contribution in [-0.4, -0.2) is 25.1 Å². The highest BCUT2D eigenvalue weighted by atomic mass is 32.1. The molecule has 8 heteroatoms. The number of carbonyl (C=O) groups is 1. The van der Waals surface area contributed by atoms with Gasteiger partial charge in [-0.2, -0.15) is 0 Å². The standard InChI is InChI=1S/C19H17N5O2S/c25-16(20-10-13-4-3-9-27-13)11-23-19(26)24-17(12-7-8-12)21-15-6-2-1-5-14(15)18(24)22-23/h1-6,9,12H,7-8,10-11H2,(H,20,25). The van der Waals surface area contributed by atoms with Crippen LogP contribution in [0.25, 0.3) is 16.6 Å². The minimum absolute atomic E-state index is 0.107. The predicted octanol–water partition coefficient (Wildman–Crippen LogP) is 2.30. The average Bonchev–Trinajstić information content (AvgIpc) is 3.30. The predicted molar refractivity (Wildman–Crippen MR) is 103 cm³/mol. The van der Waals surface area contributed by atoms with Gasteiger partial charge in [0.05, 0.1) is 12.1 Å². The monoisotopic (exact) mass is 379 g/mol. The maximum Gasteiger partial charge on any atom is 0.352 e. The maximum absolute atomic E-state index is 12.9. The molecule has 1 aliphatic carbocycles. The summed E-state index contributed by atoms with van der Waals surface area (Å²) in [5.74, 6) is 0.804. The third kappa shape index (κ3) is 2.91. The molecule has 1 amide bonds. The van der Waals surface area contributed by atoms with E-state index in [0.29, 0.717) is 18.1 Å². The van der Waals surface area contributed by atoms with Gasteiger partial charge in [-0.1, -0.05) is 18.2 Å². The van der Waals surface area contributed by atoms with Gasteiger partial charge in [-0.15, -0.1) is 16.4 Å². The van der Waals surface area contributed by atoms with E-state index in [1.807, 2.05) is 41.8 Å². The van der Waals surface area contributed by atoms with Crippen molar-refractivity contribution in [1.82, 2.24) is 24.5 Å². The first kappa shape index (κ1) is 16.2. The molecule has 4 aromatic rings. The van der Waals surface area contributed by atoms with Crippen molar-refractivity contribution < 1.29 is 4.79 Å². The first-order valence-corrected chi connectivity index (χ1v) is 9.76. The molecule has 0 bridgehead atoms. The van der Waals surface area contributed by atoms with Crippen LogP contribution in [0, 0.1) is 0 Å². The molecule has 136 valence electrons. The second-order valence-corrected chi connectivity index (χ2v) is 7.75.